The Balaban J connectivity index is 4.19. The van der Waals surface area contributed by atoms with Crippen LogP contribution >= 0.6 is 0 Å². The van der Waals surface area contributed by atoms with Crippen LogP contribution in [-0.4, -0.2) is 24.0 Å². The van der Waals surface area contributed by atoms with Crippen LogP contribution in [0.25, 0.3) is 0 Å². The molecule has 0 bridgehead atoms. The molecule has 2 N–H and O–H groups in total. The quantitative estimate of drug-likeness (QED) is 0.378. The van der Waals surface area contributed by atoms with Gasteiger partial charge in [-0.25, -0.2) is 0 Å². The highest BCUT2D eigenvalue weighted by Gasteiger charge is 2.39. The smallest absolute Gasteiger partial charge is 0.318 e. The molecule has 0 fully saturated rings. The van der Waals surface area contributed by atoms with Gasteiger partial charge in [-0.05, 0) is 26.2 Å². The van der Waals surface area contributed by atoms with Gasteiger partial charge in [0.2, 0.25) is 5.91 Å². The third-order valence-electron chi connectivity index (χ3n) is 2.79. The van der Waals surface area contributed by atoms with Crippen LogP contribution in [-0.2, 0) is 9.59 Å². The van der Waals surface area contributed by atoms with E-state index in [-0.39, 0.29) is 0 Å². The molecule has 0 aliphatic rings. The van der Waals surface area contributed by atoms with Gasteiger partial charge < -0.3 is 10.4 Å². The number of aliphatic carboxylic acids is 1. The van der Waals surface area contributed by atoms with E-state index in [0.717, 1.165) is 25.7 Å². The average Bonchev–Trinajstić information content (AvgIpc) is 2.27. The van der Waals surface area contributed by atoms with Crippen molar-refractivity contribution in [2.45, 2.75) is 39.0 Å². The van der Waals surface area contributed by atoms with Gasteiger partial charge in [0.05, 0.1) is 0 Å². The number of carbonyl (C=O) groups excluding carboxylic acids is 1. The Morgan fingerprint density at radius 3 is 2.44 bits per heavy atom. The van der Waals surface area contributed by atoms with Crippen molar-refractivity contribution in [1.82, 2.24) is 5.32 Å². The maximum Gasteiger partial charge on any atom is 0.318 e. The molecule has 0 aromatic heterocycles. The molecule has 4 nitrogen and oxygen atoms in total. The summed E-state index contributed by atoms with van der Waals surface area (Å²) in [5.41, 5.74) is -1.30. The van der Waals surface area contributed by atoms with Gasteiger partial charge >= 0.3 is 5.97 Å². The van der Waals surface area contributed by atoms with E-state index < -0.39 is 17.3 Å². The first-order chi connectivity index (χ1) is 7.49. The Morgan fingerprint density at radius 1 is 1.38 bits per heavy atom. The molecule has 0 aromatic carbocycles. The van der Waals surface area contributed by atoms with Crippen molar-refractivity contribution in [1.29, 1.82) is 0 Å². The number of allylic oxidation sites excluding steroid dienone is 1. The molecule has 0 spiro atoms. The first-order valence-corrected chi connectivity index (χ1v) is 5.55. The summed E-state index contributed by atoms with van der Waals surface area (Å²) < 4.78 is 0. The number of hydrogen-bond donors (Lipinski definition) is 2. The van der Waals surface area contributed by atoms with Crippen LogP contribution in [0.4, 0.5) is 0 Å². The van der Waals surface area contributed by atoms with Crippen LogP contribution in [0.5, 0.6) is 0 Å². The van der Waals surface area contributed by atoms with Gasteiger partial charge in [0.15, 0.2) is 0 Å². The normalized spacial score (nSPS) is 13.9. The molecule has 0 aliphatic carbocycles. The second-order valence-corrected chi connectivity index (χ2v) is 4.10. The maximum atomic E-state index is 11.5. The van der Waals surface area contributed by atoms with Crippen molar-refractivity contribution < 1.29 is 14.7 Å². The van der Waals surface area contributed by atoms with Gasteiger partial charge in [-0.2, -0.15) is 0 Å². The van der Waals surface area contributed by atoms with E-state index in [1.165, 1.54) is 14.0 Å². The van der Waals surface area contributed by atoms with E-state index in [1.54, 1.807) is 0 Å². The minimum atomic E-state index is -1.30. The molecule has 92 valence electrons. The van der Waals surface area contributed by atoms with Gasteiger partial charge in [-0.3, -0.25) is 9.59 Å². The Morgan fingerprint density at radius 2 is 2.00 bits per heavy atom. The number of carboxylic acid groups (broad SMARTS) is 1. The lowest BCUT2D eigenvalue weighted by Gasteiger charge is -2.22. The number of hydrogen-bond acceptors (Lipinski definition) is 2. The molecule has 0 saturated carbocycles. The zero-order valence-corrected chi connectivity index (χ0v) is 10.1. The predicted molar refractivity (Wildman–Crippen MR) is 63.1 cm³/mol. The van der Waals surface area contributed by atoms with E-state index in [1.807, 2.05) is 6.08 Å². The van der Waals surface area contributed by atoms with E-state index in [0.29, 0.717) is 6.42 Å². The van der Waals surface area contributed by atoms with E-state index in [9.17, 15) is 9.59 Å². The highest BCUT2D eigenvalue weighted by atomic mass is 16.4. The van der Waals surface area contributed by atoms with Crippen LogP contribution in [0, 0.1) is 5.41 Å². The molecule has 4 heteroatoms. The van der Waals surface area contributed by atoms with E-state index in [4.69, 9.17) is 5.11 Å². The molecular weight excluding hydrogens is 206 g/mol. The summed E-state index contributed by atoms with van der Waals surface area (Å²) in [5.74, 6) is -1.49. The van der Waals surface area contributed by atoms with Crippen LogP contribution in [0.2, 0.25) is 0 Å². The monoisotopic (exact) mass is 227 g/mol. The Bertz CT molecular complexity index is 263. The Kier molecular flexibility index (Phi) is 6.46. The van der Waals surface area contributed by atoms with Crippen LogP contribution in [0.1, 0.15) is 39.0 Å². The number of rotatable bonds is 8. The fraction of sp³-hybridized carbons (Fsp3) is 0.667. The highest BCUT2D eigenvalue weighted by Crippen LogP contribution is 2.25. The Hall–Kier alpha value is -1.32. The molecular formula is C12H21NO3. The van der Waals surface area contributed by atoms with Gasteiger partial charge in [0, 0.05) is 7.05 Å². The zero-order valence-electron chi connectivity index (χ0n) is 10.1. The lowest BCUT2D eigenvalue weighted by atomic mass is 9.83. The fourth-order valence-corrected chi connectivity index (χ4v) is 1.54. The van der Waals surface area contributed by atoms with Crippen LogP contribution < -0.4 is 5.32 Å². The molecule has 1 amide bonds. The summed E-state index contributed by atoms with van der Waals surface area (Å²) in [6.45, 7) is 5.09. The van der Waals surface area contributed by atoms with E-state index >= 15 is 0 Å². The number of amides is 1. The molecule has 0 aromatic rings. The average molecular weight is 227 g/mol. The number of carbonyl (C=O) groups is 2. The highest BCUT2D eigenvalue weighted by molar-refractivity contribution is 6.01. The number of unbranched alkanes of at least 4 members (excludes halogenated alkanes) is 3. The van der Waals surface area contributed by atoms with E-state index in [2.05, 4.69) is 11.9 Å². The minimum absolute atomic E-state index is 0.374. The molecule has 0 radical (unpaired) electrons. The minimum Gasteiger partial charge on any atom is -0.480 e. The number of carboxylic acids is 1. The summed E-state index contributed by atoms with van der Waals surface area (Å²) in [5, 5.41) is 11.5. The molecule has 1 atom stereocenters. The molecule has 1 unspecified atom stereocenters. The van der Waals surface area contributed by atoms with Gasteiger partial charge in [0.25, 0.3) is 0 Å². The number of nitrogens with one attached hydrogen (secondary N) is 1. The predicted octanol–water partition coefficient (Wildman–Crippen LogP) is 1.96. The molecule has 0 rings (SSSR count). The third-order valence-corrected chi connectivity index (χ3v) is 2.79. The fourth-order valence-electron chi connectivity index (χ4n) is 1.54. The van der Waals surface area contributed by atoms with Crippen molar-refractivity contribution in [2.75, 3.05) is 7.05 Å². The van der Waals surface area contributed by atoms with Gasteiger partial charge in [-0.1, -0.05) is 18.9 Å². The summed E-state index contributed by atoms with van der Waals surface area (Å²) in [4.78, 5) is 22.6. The molecule has 16 heavy (non-hydrogen) atoms. The molecule has 0 heterocycles. The van der Waals surface area contributed by atoms with Gasteiger partial charge in [0.1, 0.15) is 5.41 Å². The SMILES string of the molecule is C=CCCCCCC(C)(C(=O)O)C(=O)NC. The van der Waals surface area contributed by atoms with Crippen molar-refractivity contribution in [3.63, 3.8) is 0 Å². The first kappa shape index (κ1) is 14.7. The van der Waals surface area contributed by atoms with Crippen molar-refractivity contribution in [3.8, 4) is 0 Å². The summed E-state index contributed by atoms with van der Waals surface area (Å²) in [6, 6.07) is 0. The summed E-state index contributed by atoms with van der Waals surface area (Å²) in [6.07, 6.45) is 5.81. The maximum absolute atomic E-state index is 11.5. The van der Waals surface area contributed by atoms with Crippen LogP contribution in [0.15, 0.2) is 12.7 Å². The lowest BCUT2D eigenvalue weighted by Crippen LogP contribution is -2.43. The Labute approximate surface area is 96.7 Å². The molecule has 0 aliphatic heterocycles. The summed E-state index contributed by atoms with van der Waals surface area (Å²) >= 11 is 0. The van der Waals surface area contributed by atoms with Crippen molar-refractivity contribution >= 4 is 11.9 Å². The van der Waals surface area contributed by atoms with Crippen molar-refractivity contribution in [2.24, 2.45) is 5.41 Å². The second-order valence-electron chi connectivity index (χ2n) is 4.10. The van der Waals surface area contributed by atoms with Gasteiger partial charge in [-0.15, -0.1) is 6.58 Å². The van der Waals surface area contributed by atoms with Crippen molar-refractivity contribution in [3.05, 3.63) is 12.7 Å². The standard InChI is InChI=1S/C12H21NO3/c1-4-5-6-7-8-9-12(2,11(15)16)10(14)13-3/h4H,1,5-9H2,2-3H3,(H,13,14)(H,15,16). The zero-order chi connectivity index (χ0) is 12.6. The second kappa shape index (κ2) is 7.04. The lowest BCUT2D eigenvalue weighted by molar-refractivity contribution is -0.155. The summed E-state index contributed by atoms with van der Waals surface area (Å²) in [7, 11) is 1.46. The molecule has 0 saturated heterocycles. The third kappa shape index (κ3) is 4.04. The topological polar surface area (TPSA) is 66.4 Å². The largest absolute Gasteiger partial charge is 0.480 e. The van der Waals surface area contributed by atoms with Crippen LogP contribution in [0.3, 0.4) is 0 Å². The first-order valence-electron chi connectivity index (χ1n) is 5.55.